The Labute approximate surface area is 199 Å². The number of hydrogen-bond acceptors (Lipinski definition) is 8. The van der Waals surface area contributed by atoms with E-state index in [0.29, 0.717) is 17.7 Å². The first-order valence-corrected chi connectivity index (χ1v) is 10.2. The average molecular weight is 518 g/mol. The molecule has 16 heteroatoms. The zero-order valence-electron chi connectivity index (χ0n) is 18.9. The number of amides is 1. The summed E-state index contributed by atoms with van der Waals surface area (Å²) in [6.45, 7) is 1.47. The fourth-order valence-corrected chi connectivity index (χ4v) is 2.98. The zero-order chi connectivity index (χ0) is 26.8. The molecule has 0 unspecified atom stereocenters. The molecule has 0 saturated heterocycles. The highest BCUT2D eigenvalue weighted by atomic mass is 19.4. The van der Waals surface area contributed by atoms with Crippen molar-refractivity contribution in [2.45, 2.75) is 39.3 Å². The summed E-state index contributed by atoms with van der Waals surface area (Å²) in [4.78, 5) is 32.7. The number of carbonyl (C=O) groups is 1. The molecular weight excluding hydrogens is 499 g/mol. The van der Waals surface area contributed by atoms with Crippen LogP contribution in [0.15, 0.2) is 23.1 Å². The zero-order valence-corrected chi connectivity index (χ0v) is 18.9. The van der Waals surface area contributed by atoms with Crippen molar-refractivity contribution in [1.29, 1.82) is 0 Å². The minimum Gasteiger partial charge on any atom is -0.479 e. The molecule has 0 spiro atoms. The number of alkyl halides is 3. The minimum atomic E-state index is -4.91. The Kier molecular flexibility index (Phi) is 7.57. The van der Waals surface area contributed by atoms with Gasteiger partial charge in [0.1, 0.15) is 17.9 Å². The smallest absolute Gasteiger partial charge is 0.425 e. The lowest BCUT2D eigenvalue weighted by atomic mass is 10.2. The van der Waals surface area contributed by atoms with E-state index in [0.717, 1.165) is 23.9 Å². The van der Waals surface area contributed by atoms with Crippen LogP contribution < -0.4 is 20.5 Å². The van der Waals surface area contributed by atoms with Crippen LogP contribution >= 0.6 is 0 Å². The van der Waals surface area contributed by atoms with Crippen LogP contribution in [0.1, 0.15) is 30.0 Å². The van der Waals surface area contributed by atoms with Crippen LogP contribution in [0, 0.1) is 11.6 Å². The molecule has 194 valence electrons. The molecule has 0 aromatic carbocycles. The molecule has 0 aliphatic rings. The molecule has 3 aromatic rings. The highest BCUT2D eigenvalue weighted by Crippen LogP contribution is 2.30. The number of nitrogens with zero attached hydrogens (tertiary/aromatic N) is 5. The highest BCUT2D eigenvalue weighted by Gasteiger charge is 2.39. The number of ether oxygens (including phenoxy) is 2. The number of carbonyl (C=O) groups excluding carboxylic acids is 1. The van der Waals surface area contributed by atoms with Crippen molar-refractivity contribution >= 4 is 11.6 Å². The van der Waals surface area contributed by atoms with Gasteiger partial charge >= 0.3 is 11.9 Å². The van der Waals surface area contributed by atoms with Gasteiger partial charge in [-0.15, -0.1) is 5.10 Å². The second kappa shape index (κ2) is 10.3. The van der Waals surface area contributed by atoms with E-state index in [1.54, 1.807) is 0 Å². The minimum absolute atomic E-state index is 0.0316. The number of methoxy groups -OCH3 is 1. The third-order valence-corrected chi connectivity index (χ3v) is 4.81. The monoisotopic (exact) mass is 518 g/mol. The van der Waals surface area contributed by atoms with Gasteiger partial charge < -0.3 is 19.9 Å². The van der Waals surface area contributed by atoms with Gasteiger partial charge in [0, 0.05) is 12.7 Å². The van der Waals surface area contributed by atoms with Crippen LogP contribution in [0.3, 0.4) is 0 Å². The van der Waals surface area contributed by atoms with Gasteiger partial charge in [-0.2, -0.15) is 22.8 Å². The second-order valence-electron chi connectivity index (χ2n) is 7.09. The molecule has 0 aliphatic carbocycles. The molecule has 2 N–H and O–H groups in total. The fourth-order valence-electron chi connectivity index (χ4n) is 2.98. The fraction of sp³-hybridized carbons (Fsp3) is 0.350. The molecule has 0 fully saturated rings. The van der Waals surface area contributed by atoms with Gasteiger partial charge in [-0.05, 0) is 26.0 Å². The molecule has 36 heavy (non-hydrogen) atoms. The van der Waals surface area contributed by atoms with Crippen molar-refractivity contribution in [1.82, 2.24) is 24.3 Å². The molecule has 0 saturated carbocycles. The molecular formula is C20H19F5N6O5. The SMILES string of the molecule is CCn1c(CO)nn(-c2nc(O[C@@H](C)C(F)(F)F)c(C(=O)Nc3c(F)ccnc3OC)cc2F)c1=O. The number of aliphatic hydroxyl groups is 1. The summed E-state index contributed by atoms with van der Waals surface area (Å²) >= 11 is 0. The van der Waals surface area contributed by atoms with Crippen molar-refractivity contribution in [2.24, 2.45) is 0 Å². The summed E-state index contributed by atoms with van der Waals surface area (Å²) in [7, 11) is 1.13. The Hall–Kier alpha value is -4.08. The maximum Gasteiger partial charge on any atom is 0.425 e. The van der Waals surface area contributed by atoms with Crippen LogP contribution in [-0.4, -0.2) is 54.7 Å². The average Bonchev–Trinajstić information content (AvgIpc) is 3.15. The lowest BCUT2D eigenvalue weighted by molar-refractivity contribution is -0.190. The van der Waals surface area contributed by atoms with Crippen LogP contribution in [0.4, 0.5) is 27.6 Å². The molecule has 0 bridgehead atoms. The van der Waals surface area contributed by atoms with Gasteiger partial charge in [0.05, 0.1) is 7.11 Å². The number of nitrogens with one attached hydrogen (secondary N) is 1. The number of aliphatic hydroxyl groups excluding tert-OH is 1. The molecule has 3 rings (SSSR count). The highest BCUT2D eigenvalue weighted by molar-refractivity contribution is 6.06. The van der Waals surface area contributed by atoms with Crippen molar-refractivity contribution in [2.75, 3.05) is 12.4 Å². The van der Waals surface area contributed by atoms with Crippen molar-refractivity contribution < 1.29 is 41.3 Å². The number of halogens is 5. The Morgan fingerprint density at radius 1 is 1.25 bits per heavy atom. The number of anilines is 1. The molecule has 3 aromatic heterocycles. The van der Waals surface area contributed by atoms with Crippen molar-refractivity contribution in [3.8, 4) is 17.6 Å². The van der Waals surface area contributed by atoms with Crippen LogP contribution in [-0.2, 0) is 13.2 Å². The Bertz CT molecular complexity index is 1340. The van der Waals surface area contributed by atoms with Crippen LogP contribution in [0.2, 0.25) is 0 Å². The van der Waals surface area contributed by atoms with E-state index in [1.165, 1.54) is 6.92 Å². The number of rotatable bonds is 8. The molecule has 1 amide bonds. The maximum absolute atomic E-state index is 15.0. The second-order valence-corrected chi connectivity index (χ2v) is 7.09. The Morgan fingerprint density at radius 3 is 2.50 bits per heavy atom. The summed E-state index contributed by atoms with van der Waals surface area (Å²) in [6.07, 6.45) is -6.39. The first kappa shape index (κ1) is 26.5. The van der Waals surface area contributed by atoms with Gasteiger partial charge in [-0.1, -0.05) is 0 Å². The Balaban J connectivity index is 2.16. The van der Waals surface area contributed by atoms with Crippen LogP contribution in [0.5, 0.6) is 11.8 Å². The first-order valence-electron chi connectivity index (χ1n) is 10.2. The van der Waals surface area contributed by atoms with Crippen molar-refractivity contribution in [3.63, 3.8) is 0 Å². The van der Waals surface area contributed by atoms with Crippen LogP contribution in [0.25, 0.3) is 5.82 Å². The van der Waals surface area contributed by atoms with Gasteiger partial charge in [-0.3, -0.25) is 9.36 Å². The molecule has 1 atom stereocenters. The third-order valence-electron chi connectivity index (χ3n) is 4.81. The summed E-state index contributed by atoms with van der Waals surface area (Å²) in [5.74, 6) is -6.13. The number of aromatic nitrogens is 5. The summed E-state index contributed by atoms with van der Waals surface area (Å²) in [6, 6.07) is 1.32. The normalized spacial score (nSPS) is 12.4. The van der Waals surface area contributed by atoms with Gasteiger partial charge in [0.2, 0.25) is 11.8 Å². The van der Waals surface area contributed by atoms with Gasteiger partial charge in [0.25, 0.3) is 5.91 Å². The predicted molar refractivity (Wildman–Crippen MR) is 112 cm³/mol. The number of pyridine rings is 2. The quantitative estimate of drug-likeness (QED) is 0.434. The van der Waals surface area contributed by atoms with Gasteiger partial charge in [0.15, 0.2) is 29.4 Å². The lowest BCUT2D eigenvalue weighted by Crippen LogP contribution is -2.33. The van der Waals surface area contributed by atoms with E-state index in [2.05, 4.69) is 15.1 Å². The van der Waals surface area contributed by atoms with Gasteiger partial charge in [-0.25, -0.2) is 18.6 Å². The van der Waals surface area contributed by atoms with E-state index in [9.17, 15) is 32.3 Å². The van der Waals surface area contributed by atoms with E-state index in [1.807, 2.05) is 5.32 Å². The lowest BCUT2D eigenvalue weighted by Gasteiger charge is -2.19. The number of hydrogen-bond donors (Lipinski definition) is 2. The predicted octanol–water partition coefficient (Wildman–Crippen LogP) is 2.20. The van der Waals surface area contributed by atoms with E-state index in [4.69, 9.17) is 9.47 Å². The molecule has 0 aliphatic heterocycles. The van der Waals surface area contributed by atoms with E-state index in [-0.39, 0.29) is 18.2 Å². The third kappa shape index (κ3) is 5.12. The first-order chi connectivity index (χ1) is 16.9. The summed E-state index contributed by atoms with van der Waals surface area (Å²) in [5.41, 5.74) is -2.39. The van der Waals surface area contributed by atoms with E-state index >= 15 is 4.39 Å². The summed E-state index contributed by atoms with van der Waals surface area (Å²) in [5, 5.41) is 15.2. The standard InChI is InChI=1S/C20H19F5N6O5/c1-4-30-13(8-32)29-31(19(30)34)15-12(22)7-10(17(28-15)36-9(2)20(23,24)25)16(33)27-14-11(21)5-6-26-18(14)35-3/h5-7,9,32H,4,8H2,1-3H3,(H,27,33)/t9-/m0/s1. The van der Waals surface area contributed by atoms with E-state index < -0.39 is 65.1 Å². The maximum atomic E-state index is 15.0. The Morgan fingerprint density at radius 2 is 1.94 bits per heavy atom. The molecule has 0 radical (unpaired) electrons. The summed E-state index contributed by atoms with van der Waals surface area (Å²) < 4.78 is 79.8. The molecule has 11 nitrogen and oxygen atoms in total. The molecule has 3 heterocycles. The topological polar surface area (TPSA) is 133 Å². The largest absolute Gasteiger partial charge is 0.479 e. The van der Waals surface area contributed by atoms with Crippen molar-refractivity contribution in [3.05, 3.63) is 51.8 Å².